The molecular weight excluding hydrogens is 570 g/mol. The zero-order valence-corrected chi connectivity index (χ0v) is 25.4. The zero-order chi connectivity index (χ0) is 31.9. The SMILES string of the molecule is CCN(CC)CCNC(=O)c1ccc(N/C=C2\C(=O)Nc3cc(C(=O)c4cccc(NC(=O)c5occc5C)c4)ccc32)cc1. The number of ketones is 1. The average Bonchev–Trinajstić information content (AvgIpc) is 3.63. The fourth-order valence-electron chi connectivity index (χ4n) is 5.02. The van der Waals surface area contributed by atoms with Crippen LogP contribution in [0, 0.1) is 6.92 Å². The molecule has 0 bridgehead atoms. The van der Waals surface area contributed by atoms with Gasteiger partial charge in [-0.3, -0.25) is 19.2 Å². The van der Waals surface area contributed by atoms with Crippen molar-refractivity contribution < 1.29 is 23.6 Å². The first kappa shape index (κ1) is 31.0. The number of likely N-dealkylation sites (N-methyl/N-ethyl adjacent to an activating group) is 1. The van der Waals surface area contributed by atoms with Gasteiger partial charge in [0.2, 0.25) is 0 Å². The van der Waals surface area contributed by atoms with E-state index < -0.39 is 5.91 Å². The Morgan fingerprint density at radius 1 is 0.867 bits per heavy atom. The van der Waals surface area contributed by atoms with Crippen LogP contribution in [0.5, 0.6) is 0 Å². The minimum atomic E-state index is -0.405. The minimum Gasteiger partial charge on any atom is -0.459 e. The van der Waals surface area contributed by atoms with Crippen molar-refractivity contribution in [3.8, 4) is 0 Å². The Hall–Kier alpha value is -5.48. The topological polar surface area (TPSA) is 133 Å². The van der Waals surface area contributed by atoms with E-state index in [1.165, 1.54) is 6.26 Å². The van der Waals surface area contributed by atoms with Crippen LogP contribution >= 0.6 is 0 Å². The Kier molecular flexibility index (Phi) is 9.54. The first-order valence-electron chi connectivity index (χ1n) is 14.8. The lowest BCUT2D eigenvalue weighted by Gasteiger charge is -2.17. The summed E-state index contributed by atoms with van der Waals surface area (Å²) in [4.78, 5) is 53.4. The molecule has 0 radical (unpaired) electrons. The monoisotopic (exact) mass is 605 g/mol. The maximum Gasteiger partial charge on any atom is 0.291 e. The summed E-state index contributed by atoms with van der Waals surface area (Å²) in [6.45, 7) is 9.21. The number of anilines is 3. The maximum atomic E-state index is 13.3. The highest BCUT2D eigenvalue weighted by Gasteiger charge is 2.25. The van der Waals surface area contributed by atoms with Crippen LogP contribution < -0.4 is 21.3 Å². The number of hydrogen-bond acceptors (Lipinski definition) is 7. The van der Waals surface area contributed by atoms with E-state index in [1.54, 1.807) is 85.9 Å². The van der Waals surface area contributed by atoms with Gasteiger partial charge in [-0.25, -0.2) is 0 Å². The van der Waals surface area contributed by atoms with Gasteiger partial charge in [-0.05, 0) is 68.5 Å². The molecule has 0 atom stereocenters. The van der Waals surface area contributed by atoms with Gasteiger partial charge in [0.15, 0.2) is 11.5 Å². The number of nitrogens with one attached hydrogen (secondary N) is 4. The predicted octanol–water partition coefficient (Wildman–Crippen LogP) is 5.55. The molecule has 3 amide bonds. The Labute approximate surface area is 261 Å². The molecule has 45 heavy (non-hydrogen) atoms. The van der Waals surface area contributed by atoms with E-state index in [0.29, 0.717) is 57.0 Å². The molecule has 0 unspecified atom stereocenters. The third kappa shape index (κ3) is 7.19. The molecule has 4 aromatic rings. The summed E-state index contributed by atoms with van der Waals surface area (Å²) in [5, 5.41) is 11.7. The molecule has 0 fully saturated rings. The molecule has 1 aromatic heterocycles. The van der Waals surface area contributed by atoms with Crippen molar-refractivity contribution >= 4 is 46.1 Å². The molecule has 10 heteroatoms. The third-order valence-corrected chi connectivity index (χ3v) is 7.65. The van der Waals surface area contributed by atoms with Crippen LogP contribution in [0.1, 0.15) is 61.8 Å². The standard InChI is InChI=1S/C35H35N5O5/c1-4-40(5-2)17-16-36-33(42)23-9-12-26(13-10-23)37-21-29-28-14-11-25(20-30(28)39-34(29)43)31(41)24-7-6-8-27(19-24)38-35(44)32-22(3)15-18-45-32/h6-15,18-21,37H,4-5,16-17H2,1-3H3,(H,36,42)(H,38,44)(H,39,43)/b29-21-. The molecular formula is C35H35N5O5. The van der Waals surface area contributed by atoms with Crippen LogP contribution in [-0.2, 0) is 4.79 Å². The fraction of sp³-hybridized carbons (Fsp3) is 0.200. The van der Waals surface area contributed by atoms with Crippen LogP contribution in [0.2, 0.25) is 0 Å². The molecule has 3 aromatic carbocycles. The van der Waals surface area contributed by atoms with Crippen molar-refractivity contribution in [1.82, 2.24) is 10.2 Å². The molecule has 10 nitrogen and oxygen atoms in total. The van der Waals surface area contributed by atoms with Gasteiger partial charge in [-0.2, -0.15) is 0 Å². The first-order chi connectivity index (χ1) is 21.8. The van der Waals surface area contributed by atoms with Gasteiger partial charge in [0.25, 0.3) is 17.7 Å². The van der Waals surface area contributed by atoms with Crippen LogP contribution in [-0.4, -0.2) is 54.6 Å². The Bertz CT molecular complexity index is 1770. The molecule has 5 rings (SSSR count). The van der Waals surface area contributed by atoms with Crippen molar-refractivity contribution in [2.75, 3.05) is 42.1 Å². The van der Waals surface area contributed by atoms with Gasteiger partial charge in [0.05, 0.1) is 11.8 Å². The van der Waals surface area contributed by atoms with E-state index >= 15 is 0 Å². The van der Waals surface area contributed by atoms with E-state index in [4.69, 9.17) is 4.42 Å². The van der Waals surface area contributed by atoms with Crippen LogP contribution in [0.15, 0.2) is 89.7 Å². The van der Waals surface area contributed by atoms with Gasteiger partial charge >= 0.3 is 0 Å². The van der Waals surface area contributed by atoms with Crippen molar-refractivity contribution in [3.63, 3.8) is 0 Å². The van der Waals surface area contributed by atoms with Gasteiger partial charge in [-0.1, -0.05) is 38.1 Å². The Balaban J connectivity index is 1.23. The number of aryl methyl sites for hydroxylation is 1. The van der Waals surface area contributed by atoms with Gasteiger partial charge in [-0.15, -0.1) is 0 Å². The van der Waals surface area contributed by atoms with Gasteiger partial charge in [0.1, 0.15) is 0 Å². The number of amides is 3. The number of furan rings is 1. The molecule has 230 valence electrons. The molecule has 0 saturated carbocycles. The van der Waals surface area contributed by atoms with Crippen molar-refractivity contribution in [2.24, 2.45) is 0 Å². The van der Waals surface area contributed by atoms with Crippen molar-refractivity contribution in [1.29, 1.82) is 0 Å². The van der Waals surface area contributed by atoms with E-state index in [2.05, 4.69) is 40.0 Å². The predicted molar refractivity (Wildman–Crippen MR) is 175 cm³/mol. The molecule has 2 heterocycles. The van der Waals surface area contributed by atoms with E-state index in [0.717, 1.165) is 19.6 Å². The first-order valence-corrected chi connectivity index (χ1v) is 14.8. The Morgan fingerprint density at radius 2 is 1.60 bits per heavy atom. The smallest absolute Gasteiger partial charge is 0.291 e. The minimum absolute atomic E-state index is 0.137. The summed E-state index contributed by atoms with van der Waals surface area (Å²) >= 11 is 0. The summed E-state index contributed by atoms with van der Waals surface area (Å²) in [7, 11) is 0. The van der Waals surface area contributed by atoms with Crippen molar-refractivity contribution in [2.45, 2.75) is 20.8 Å². The molecule has 0 spiro atoms. The van der Waals surface area contributed by atoms with E-state index in [9.17, 15) is 19.2 Å². The highest BCUT2D eigenvalue weighted by molar-refractivity contribution is 6.32. The molecule has 1 aliphatic heterocycles. The van der Waals surface area contributed by atoms with E-state index in [1.807, 2.05) is 0 Å². The summed E-state index contributed by atoms with van der Waals surface area (Å²) < 4.78 is 5.25. The normalized spacial score (nSPS) is 13.0. The summed E-state index contributed by atoms with van der Waals surface area (Å²) in [5.74, 6) is -0.893. The van der Waals surface area contributed by atoms with Crippen LogP contribution in [0.25, 0.3) is 5.57 Å². The zero-order valence-electron chi connectivity index (χ0n) is 25.4. The number of rotatable bonds is 12. The lowest BCUT2D eigenvalue weighted by molar-refractivity contribution is -0.110. The second-order valence-electron chi connectivity index (χ2n) is 10.6. The number of fused-ring (bicyclic) bond motifs is 1. The lowest BCUT2D eigenvalue weighted by atomic mass is 9.99. The quantitative estimate of drug-likeness (QED) is 0.123. The number of hydrogen-bond donors (Lipinski definition) is 4. The average molecular weight is 606 g/mol. The van der Waals surface area contributed by atoms with Crippen molar-refractivity contribution in [3.05, 3.63) is 119 Å². The summed E-state index contributed by atoms with van der Waals surface area (Å²) in [5.41, 5.74) is 4.79. The summed E-state index contributed by atoms with van der Waals surface area (Å²) in [6.07, 6.45) is 3.05. The maximum absolute atomic E-state index is 13.3. The second-order valence-corrected chi connectivity index (χ2v) is 10.6. The third-order valence-electron chi connectivity index (χ3n) is 7.65. The number of nitrogens with zero attached hydrogens (tertiary/aromatic N) is 1. The van der Waals surface area contributed by atoms with Gasteiger partial charge in [0, 0.05) is 64.2 Å². The molecule has 1 aliphatic rings. The molecule has 0 aliphatic carbocycles. The number of carbonyl (C=O) groups excluding carboxylic acids is 4. The van der Waals surface area contributed by atoms with Crippen LogP contribution in [0.4, 0.5) is 17.1 Å². The lowest BCUT2D eigenvalue weighted by Crippen LogP contribution is -2.34. The molecule has 4 N–H and O–H groups in total. The van der Waals surface area contributed by atoms with E-state index in [-0.39, 0.29) is 23.4 Å². The highest BCUT2D eigenvalue weighted by Crippen LogP contribution is 2.33. The highest BCUT2D eigenvalue weighted by atomic mass is 16.3. The van der Waals surface area contributed by atoms with Crippen LogP contribution in [0.3, 0.4) is 0 Å². The second kappa shape index (κ2) is 13.9. The Morgan fingerprint density at radius 3 is 2.31 bits per heavy atom. The molecule has 0 saturated heterocycles. The fourth-order valence-corrected chi connectivity index (χ4v) is 5.02. The largest absolute Gasteiger partial charge is 0.459 e. The number of benzene rings is 3. The number of carbonyl (C=O) groups is 4. The summed E-state index contributed by atoms with van der Waals surface area (Å²) in [6, 6.07) is 20.4. The van der Waals surface area contributed by atoms with Gasteiger partial charge < -0.3 is 30.6 Å².